The SMILES string of the molecule is CCC1CCC(C2CC=C(c3cnc(-c4ccc(C[C@H](NC(=O)OCc5ccccc5)C(=O)N5CC(C(=O)OC(C)(C)C)C5)cc4)nc3)CC2)CC1. The standard InChI is InChI=1S/C43H54N4O5/c1-5-29-11-15-32(16-12-29)33-19-21-34(22-20-33)36-24-44-39(45-25-36)35-17-13-30(14-18-35)23-38(46-42(50)51-28-31-9-7-6-8-10-31)40(48)47-26-37(27-47)41(49)52-43(2,3)4/h6-10,13-14,17-18,21,24-25,29,32-33,37-38H,5,11-12,15-16,19-20,22-23,26-28H2,1-4H3,(H,46,50)/t29?,32?,33?,38-/m0/s1. The number of aromatic nitrogens is 2. The van der Waals surface area contributed by atoms with Crippen LogP contribution in [-0.2, 0) is 32.1 Å². The average Bonchev–Trinajstić information content (AvgIpc) is 3.13. The summed E-state index contributed by atoms with van der Waals surface area (Å²) in [7, 11) is 0. The van der Waals surface area contributed by atoms with Crippen molar-refractivity contribution in [2.45, 2.75) is 104 Å². The van der Waals surface area contributed by atoms with Crippen LogP contribution in [0.5, 0.6) is 0 Å². The third-order valence-corrected chi connectivity index (χ3v) is 11.0. The van der Waals surface area contributed by atoms with Crippen LogP contribution < -0.4 is 5.32 Å². The molecule has 6 rings (SSSR count). The van der Waals surface area contributed by atoms with Gasteiger partial charge in [0.2, 0.25) is 5.91 Å². The van der Waals surface area contributed by atoms with E-state index in [0.29, 0.717) is 5.82 Å². The average molecular weight is 707 g/mol. The van der Waals surface area contributed by atoms with E-state index in [-0.39, 0.29) is 43.9 Å². The Bertz CT molecular complexity index is 1690. The second-order valence-electron chi connectivity index (χ2n) is 15.9. The third-order valence-electron chi connectivity index (χ3n) is 11.0. The van der Waals surface area contributed by atoms with E-state index in [1.807, 2.05) is 87.8 Å². The molecule has 0 radical (unpaired) electrons. The first-order valence-electron chi connectivity index (χ1n) is 19.1. The zero-order valence-corrected chi connectivity index (χ0v) is 31.2. The molecule has 276 valence electrons. The molecular weight excluding hydrogens is 652 g/mol. The summed E-state index contributed by atoms with van der Waals surface area (Å²) in [6.45, 7) is 8.37. The minimum absolute atomic E-state index is 0.0866. The van der Waals surface area contributed by atoms with E-state index in [9.17, 15) is 14.4 Å². The van der Waals surface area contributed by atoms with Crippen molar-refractivity contribution in [2.24, 2.45) is 23.7 Å². The highest BCUT2D eigenvalue weighted by molar-refractivity contribution is 5.88. The molecule has 2 aromatic carbocycles. The van der Waals surface area contributed by atoms with Gasteiger partial charge < -0.3 is 19.7 Å². The molecule has 2 fully saturated rings. The van der Waals surface area contributed by atoms with Crippen molar-refractivity contribution in [3.05, 3.63) is 89.8 Å². The third kappa shape index (κ3) is 9.87. The molecule has 9 heteroatoms. The monoisotopic (exact) mass is 706 g/mol. The van der Waals surface area contributed by atoms with E-state index in [2.05, 4.69) is 18.3 Å². The van der Waals surface area contributed by atoms with Crippen molar-refractivity contribution >= 4 is 23.5 Å². The summed E-state index contributed by atoms with van der Waals surface area (Å²) in [5.74, 6) is 2.29. The molecule has 3 aromatic rings. The molecule has 9 nitrogen and oxygen atoms in total. The number of carbonyl (C=O) groups excluding carboxylic acids is 3. The van der Waals surface area contributed by atoms with Crippen molar-refractivity contribution in [1.82, 2.24) is 20.2 Å². The second-order valence-corrected chi connectivity index (χ2v) is 15.9. The fourth-order valence-electron chi connectivity index (χ4n) is 7.80. The first kappa shape index (κ1) is 37.2. The number of nitrogens with zero attached hydrogens (tertiary/aromatic N) is 3. The predicted octanol–water partition coefficient (Wildman–Crippen LogP) is 8.18. The number of rotatable bonds is 11. The van der Waals surface area contributed by atoms with Crippen molar-refractivity contribution in [1.29, 1.82) is 0 Å². The van der Waals surface area contributed by atoms with Crippen LogP contribution in [0.3, 0.4) is 0 Å². The Labute approximate surface area is 308 Å². The molecule has 1 saturated heterocycles. The summed E-state index contributed by atoms with van der Waals surface area (Å²) in [4.78, 5) is 50.1. The summed E-state index contributed by atoms with van der Waals surface area (Å²) in [5.41, 5.74) is 4.42. The molecule has 2 aliphatic carbocycles. The Hall–Kier alpha value is -4.53. The Morgan fingerprint density at radius 1 is 0.865 bits per heavy atom. The molecule has 1 unspecified atom stereocenters. The molecule has 2 atom stereocenters. The van der Waals surface area contributed by atoms with Gasteiger partial charge in [0.15, 0.2) is 5.82 Å². The molecule has 2 heterocycles. The summed E-state index contributed by atoms with van der Waals surface area (Å²) in [5, 5.41) is 2.78. The fraction of sp³-hybridized carbons (Fsp3) is 0.512. The maximum absolute atomic E-state index is 13.6. The van der Waals surface area contributed by atoms with Gasteiger partial charge in [0.05, 0.1) is 5.92 Å². The lowest BCUT2D eigenvalue weighted by Crippen LogP contribution is -2.59. The number of hydrogen-bond acceptors (Lipinski definition) is 7. The number of hydrogen-bond donors (Lipinski definition) is 1. The number of benzene rings is 2. The summed E-state index contributed by atoms with van der Waals surface area (Å²) in [6, 6.07) is 16.3. The van der Waals surface area contributed by atoms with E-state index < -0.39 is 17.7 Å². The smallest absolute Gasteiger partial charge is 0.408 e. The summed E-state index contributed by atoms with van der Waals surface area (Å²) >= 11 is 0. The van der Waals surface area contributed by atoms with Gasteiger partial charge in [0.1, 0.15) is 18.2 Å². The molecule has 1 saturated carbocycles. The van der Waals surface area contributed by atoms with Crippen molar-refractivity contribution < 1.29 is 23.9 Å². The van der Waals surface area contributed by atoms with Gasteiger partial charge in [0, 0.05) is 43.0 Å². The molecule has 1 aromatic heterocycles. The number of esters is 1. The van der Waals surface area contributed by atoms with Gasteiger partial charge in [-0.1, -0.05) is 86.9 Å². The van der Waals surface area contributed by atoms with Crippen LogP contribution in [0.1, 0.15) is 95.8 Å². The van der Waals surface area contributed by atoms with E-state index >= 15 is 0 Å². The maximum atomic E-state index is 13.6. The topological polar surface area (TPSA) is 111 Å². The lowest BCUT2D eigenvalue weighted by Gasteiger charge is -2.40. The Morgan fingerprint density at radius 2 is 1.56 bits per heavy atom. The molecule has 0 bridgehead atoms. The van der Waals surface area contributed by atoms with Crippen LogP contribution in [-0.4, -0.2) is 57.6 Å². The van der Waals surface area contributed by atoms with Gasteiger partial charge in [0.25, 0.3) is 0 Å². The number of likely N-dealkylation sites (tertiary alicyclic amines) is 1. The van der Waals surface area contributed by atoms with E-state index in [4.69, 9.17) is 19.4 Å². The van der Waals surface area contributed by atoms with Crippen LogP contribution in [0.25, 0.3) is 17.0 Å². The zero-order chi connectivity index (χ0) is 36.7. The first-order chi connectivity index (χ1) is 25.0. The molecule has 2 amide bonds. The van der Waals surface area contributed by atoms with E-state index in [0.717, 1.165) is 52.8 Å². The fourth-order valence-corrected chi connectivity index (χ4v) is 7.80. The van der Waals surface area contributed by atoms with Crippen molar-refractivity contribution in [2.75, 3.05) is 13.1 Å². The van der Waals surface area contributed by atoms with Crippen LogP contribution in [0.15, 0.2) is 73.1 Å². The number of ether oxygens (including phenoxy) is 2. The number of carbonyl (C=O) groups is 3. The molecule has 1 aliphatic heterocycles. The lowest BCUT2D eigenvalue weighted by atomic mass is 9.71. The number of alkyl carbamates (subject to hydrolysis) is 1. The summed E-state index contributed by atoms with van der Waals surface area (Å²) in [6.07, 6.45) is 16.3. The highest BCUT2D eigenvalue weighted by Gasteiger charge is 2.41. The lowest BCUT2D eigenvalue weighted by molar-refractivity contribution is -0.168. The van der Waals surface area contributed by atoms with Gasteiger partial charge in [-0.15, -0.1) is 0 Å². The van der Waals surface area contributed by atoms with E-state index in [1.54, 1.807) is 4.90 Å². The van der Waals surface area contributed by atoms with Gasteiger partial charge in [-0.25, -0.2) is 14.8 Å². The largest absolute Gasteiger partial charge is 0.460 e. The maximum Gasteiger partial charge on any atom is 0.408 e. The van der Waals surface area contributed by atoms with Crippen molar-refractivity contribution in [3.8, 4) is 11.4 Å². The summed E-state index contributed by atoms with van der Waals surface area (Å²) < 4.78 is 10.9. The van der Waals surface area contributed by atoms with Crippen LogP contribution >= 0.6 is 0 Å². The predicted molar refractivity (Wildman–Crippen MR) is 202 cm³/mol. The van der Waals surface area contributed by atoms with Gasteiger partial charge in [-0.2, -0.15) is 0 Å². The number of allylic oxidation sites excluding steroid dienone is 2. The minimum Gasteiger partial charge on any atom is -0.460 e. The minimum atomic E-state index is -0.876. The van der Waals surface area contributed by atoms with Gasteiger partial charge >= 0.3 is 12.1 Å². The second kappa shape index (κ2) is 16.9. The molecule has 52 heavy (non-hydrogen) atoms. The van der Waals surface area contributed by atoms with Crippen LogP contribution in [0, 0.1) is 23.7 Å². The quantitative estimate of drug-likeness (QED) is 0.200. The highest BCUT2D eigenvalue weighted by atomic mass is 16.6. The van der Waals surface area contributed by atoms with Crippen LogP contribution in [0.4, 0.5) is 4.79 Å². The Balaban J connectivity index is 1.06. The molecular formula is C43H54N4O5. The Kier molecular flexibility index (Phi) is 12.1. The molecule has 1 N–H and O–H groups in total. The van der Waals surface area contributed by atoms with E-state index in [1.165, 1.54) is 44.1 Å². The molecule has 0 spiro atoms. The van der Waals surface area contributed by atoms with Gasteiger partial charge in [-0.3, -0.25) is 9.59 Å². The number of nitrogens with one attached hydrogen (secondary N) is 1. The first-order valence-corrected chi connectivity index (χ1v) is 19.1. The van der Waals surface area contributed by atoms with Gasteiger partial charge in [-0.05, 0) is 87.3 Å². The number of amides is 2. The van der Waals surface area contributed by atoms with Crippen LogP contribution in [0.2, 0.25) is 0 Å². The normalized spacial score (nSPS) is 21.3. The zero-order valence-electron chi connectivity index (χ0n) is 31.2. The highest BCUT2D eigenvalue weighted by Crippen LogP contribution is 2.41. The molecule has 3 aliphatic rings. The Morgan fingerprint density at radius 3 is 2.17 bits per heavy atom. The van der Waals surface area contributed by atoms with Crippen molar-refractivity contribution in [3.63, 3.8) is 0 Å².